The Hall–Kier alpha value is -0.460. The maximum Gasteiger partial charge on any atom is 0.155 e. The van der Waals surface area contributed by atoms with Crippen LogP contribution in [0.2, 0.25) is 0 Å². The summed E-state index contributed by atoms with van der Waals surface area (Å²) >= 11 is 3.34. The molecule has 0 aromatic carbocycles. The number of aromatic nitrogens is 2. The number of hydrogen-bond acceptors (Lipinski definition) is 3. The predicted octanol–water partition coefficient (Wildman–Crippen LogP) is 2.69. The summed E-state index contributed by atoms with van der Waals surface area (Å²) in [5.41, 5.74) is 0.456. The fourth-order valence-electron chi connectivity index (χ4n) is 1.53. The van der Waals surface area contributed by atoms with Crippen LogP contribution in [0.15, 0.2) is 10.7 Å². The molecule has 0 radical (unpaired) electrons. The van der Waals surface area contributed by atoms with E-state index in [1.165, 1.54) is 0 Å². The van der Waals surface area contributed by atoms with Crippen molar-refractivity contribution in [2.24, 2.45) is 0 Å². The Morgan fingerprint density at radius 2 is 2.22 bits per heavy atom. The minimum absolute atomic E-state index is 0.103. The third kappa shape index (κ3) is 4.66. The molecule has 0 saturated carbocycles. The Labute approximate surface area is 116 Å². The number of hydrogen-bond donors (Lipinski definition) is 1. The first-order valence-electron chi connectivity index (χ1n) is 5.94. The maximum absolute atomic E-state index is 14.3. The van der Waals surface area contributed by atoms with E-state index in [2.05, 4.69) is 26.3 Å². The zero-order valence-corrected chi connectivity index (χ0v) is 12.9. The molecule has 4 nitrogen and oxygen atoms in total. The summed E-state index contributed by atoms with van der Waals surface area (Å²) in [4.78, 5) is 0. The highest BCUT2D eigenvalue weighted by molar-refractivity contribution is 9.10. The molecule has 0 bridgehead atoms. The van der Waals surface area contributed by atoms with E-state index in [-0.39, 0.29) is 12.1 Å². The van der Waals surface area contributed by atoms with Gasteiger partial charge in [-0.1, -0.05) is 0 Å². The van der Waals surface area contributed by atoms with Crippen LogP contribution >= 0.6 is 15.9 Å². The van der Waals surface area contributed by atoms with Gasteiger partial charge in [-0.2, -0.15) is 5.10 Å². The van der Waals surface area contributed by atoms with Gasteiger partial charge in [0.15, 0.2) is 6.17 Å². The largest absolute Gasteiger partial charge is 0.383 e. The molecule has 1 unspecified atom stereocenters. The summed E-state index contributed by atoms with van der Waals surface area (Å²) in [6.07, 6.45) is 0.521. The van der Waals surface area contributed by atoms with Crippen molar-refractivity contribution < 1.29 is 9.13 Å². The molecule has 0 spiro atoms. The average molecular weight is 322 g/mol. The van der Waals surface area contributed by atoms with Gasteiger partial charge in [0.2, 0.25) is 0 Å². The third-order valence-electron chi connectivity index (χ3n) is 2.45. The van der Waals surface area contributed by atoms with E-state index in [0.717, 1.165) is 0 Å². The van der Waals surface area contributed by atoms with Crippen molar-refractivity contribution in [3.05, 3.63) is 16.4 Å². The highest BCUT2D eigenvalue weighted by Gasteiger charge is 2.21. The molecule has 0 fully saturated rings. The Bertz CT molecular complexity index is 376. The van der Waals surface area contributed by atoms with Crippen molar-refractivity contribution in [2.75, 3.05) is 20.3 Å². The average Bonchev–Trinajstić information content (AvgIpc) is 2.64. The van der Waals surface area contributed by atoms with Gasteiger partial charge in [-0.25, -0.2) is 4.39 Å². The first-order chi connectivity index (χ1) is 8.35. The fourth-order valence-corrected chi connectivity index (χ4v) is 2.08. The van der Waals surface area contributed by atoms with Gasteiger partial charge in [0.05, 0.1) is 29.5 Å². The zero-order chi connectivity index (χ0) is 13.8. The molecular weight excluding hydrogens is 301 g/mol. The standard InChI is InChI=1S/C12H21BrFN3O/c1-12(2,3)15-8-10(14)11-9(13)7-16-17(11)5-6-18-4/h7,10,15H,5-6,8H2,1-4H3. The molecule has 1 N–H and O–H groups in total. The molecule has 0 aliphatic rings. The second-order valence-electron chi connectivity index (χ2n) is 5.19. The van der Waals surface area contributed by atoms with Gasteiger partial charge in [0.25, 0.3) is 0 Å². The second-order valence-corrected chi connectivity index (χ2v) is 6.05. The monoisotopic (exact) mass is 321 g/mol. The molecule has 6 heteroatoms. The summed E-state index contributed by atoms with van der Waals surface area (Å²) in [5, 5.41) is 7.29. The minimum Gasteiger partial charge on any atom is -0.383 e. The van der Waals surface area contributed by atoms with E-state index < -0.39 is 6.17 Å². The fraction of sp³-hybridized carbons (Fsp3) is 0.750. The summed E-state index contributed by atoms with van der Waals surface area (Å²) in [7, 11) is 1.62. The molecule has 18 heavy (non-hydrogen) atoms. The van der Waals surface area contributed by atoms with Crippen molar-refractivity contribution in [3.63, 3.8) is 0 Å². The maximum atomic E-state index is 14.3. The van der Waals surface area contributed by atoms with E-state index in [9.17, 15) is 4.39 Å². The van der Waals surface area contributed by atoms with Crippen molar-refractivity contribution >= 4 is 15.9 Å². The number of methoxy groups -OCH3 is 1. The number of nitrogens with one attached hydrogen (secondary N) is 1. The van der Waals surface area contributed by atoms with Crippen LogP contribution in [0.4, 0.5) is 4.39 Å². The van der Waals surface area contributed by atoms with E-state index in [1.54, 1.807) is 18.0 Å². The normalized spacial score (nSPS) is 13.9. The van der Waals surface area contributed by atoms with Gasteiger partial charge < -0.3 is 10.1 Å². The number of alkyl halides is 1. The van der Waals surface area contributed by atoms with Crippen LogP contribution < -0.4 is 5.32 Å². The molecule has 1 aromatic rings. The quantitative estimate of drug-likeness (QED) is 0.875. The smallest absolute Gasteiger partial charge is 0.155 e. The van der Waals surface area contributed by atoms with Gasteiger partial charge >= 0.3 is 0 Å². The highest BCUT2D eigenvalue weighted by Crippen LogP contribution is 2.26. The molecule has 0 aliphatic heterocycles. The van der Waals surface area contributed by atoms with Crippen LogP contribution in [0.1, 0.15) is 32.6 Å². The van der Waals surface area contributed by atoms with Crippen LogP contribution in [0.5, 0.6) is 0 Å². The van der Waals surface area contributed by atoms with Gasteiger partial charge in [-0.15, -0.1) is 0 Å². The first kappa shape index (κ1) is 15.6. The van der Waals surface area contributed by atoms with E-state index in [1.807, 2.05) is 20.8 Å². The Kier molecular flexibility index (Phi) is 5.75. The second kappa shape index (κ2) is 6.63. The third-order valence-corrected chi connectivity index (χ3v) is 3.06. The lowest BCUT2D eigenvalue weighted by Gasteiger charge is -2.22. The number of halogens is 2. The molecular formula is C12H21BrFN3O. The summed E-state index contributed by atoms with van der Waals surface area (Å²) in [6.45, 7) is 7.36. The van der Waals surface area contributed by atoms with Crippen LogP contribution in [-0.2, 0) is 11.3 Å². The van der Waals surface area contributed by atoms with Gasteiger partial charge in [0, 0.05) is 19.2 Å². The van der Waals surface area contributed by atoms with Crippen LogP contribution in [0.3, 0.4) is 0 Å². The zero-order valence-electron chi connectivity index (χ0n) is 11.3. The first-order valence-corrected chi connectivity index (χ1v) is 6.73. The lowest BCUT2D eigenvalue weighted by molar-refractivity contribution is 0.178. The molecule has 1 atom stereocenters. The number of ether oxygens (including phenoxy) is 1. The number of rotatable bonds is 6. The molecule has 1 rings (SSSR count). The Balaban J connectivity index is 2.71. The van der Waals surface area contributed by atoms with Crippen molar-refractivity contribution in [1.29, 1.82) is 0 Å². The topological polar surface area (TPSA) is 39.1 Å². The van der Waals surface area contributed by atoms with Crippen molar-refractivity contribution in [1.82, 2.24) is 15.1 Å². The Morgan fingerprint density at radius 1 is 1.56 bits per heavy atom. The SMILES string of the molecule is COCCn1ncc(Br)c1C(F)CNC(C)(C)C. The molecule has 1 aromatic heterocycles. The molecule has 0 amide bonds. The van der Waals surface area contributed by atoms with Crippen LogP contribution in [0.25, 0.3) is 0 Å². The Morgan fingerprint density at radius 3 is 2.78 bits per heavy atom. The predicted molar refractivity (Wildman–Crippen MR) is 73.4 cm³/mol. The van der Waals surface area contributed by atoms with Gasteiger partial charge in [-0.05, 0) is 36.7 Å². The summed E-state index contributed by atoms with van der Waals surface area (Å²) in [6, 6.07) is 0. The van der Waals surface area contributed by atoms with Crippen LogP contribution in [0, 0.1) is 0 Å². The molecule has 0 aliphatic carbocycles. The van der Waals surface area contributed by atoms with Crippen molar-refractivity contribution in [2.45, 2.75) is 39.0 Å². The summed E-state index contributed by atoms with van der Waals surface area (Å²) in [5.74, 6) is 0. The van der Waals surface area contributed by atoms with E-state index in [0.29, 0.717) is 23.3 Å². The van der Waals surface area contributed by atoms with Crippen LogP contribution in [-0.4, -0.2) is 35.6 Å². The highest BCUT2D eigenvalue weighted by atomic mass is 79.9. The molecule has 0 saturated heterocycles. The minimum atomic E-state index is -1.10. The lowest BCUT2D eigenvalue weighted by Crippen LogP contribution is -2.38. The summed E-state index contributed by atoms with van der Waals surface area (Å²) < 4.78 is 21.6. The van der Waals surface area contributed by atoms with E-state index in [4.69, 9.17) is 4.74 Å². The molecule has 104 valence electrons. The lowest BCUT2D eigenvalue weighted by atomic mass is 10.1. The number of nitrogens with zero attached hydrogens (tertiary/aromatic N) is 2. The van der Waals surface area contributed by atoms with Crippen molar-refractivity contribution in [3.8, 4) is 0 Å². The molecule has 1 heterocycles. The van der Waals surface area contributed by atoms with E-state index >= 15 is 0 Å². The van der Waals surface area contributed by atoms with Gasteiger partial charge in [-0.3, -0.25) is 4.68 Å². The van der Waals surface area contributed by atoms with Gasteiger partial charge in [0.1, 0.15) is 0 Å².